The molecule has 3 aromatic carbocycles. The SMILES string of the molecule is N[C@H]1CS(=O)(=O)c2ccc(-c3nnc(N4CCOC(C(F)(F)F)C4)o3)cc2N(Cc2ccc(-c3ccc(C(F)(F)F)cc3)cc2)C1=O. The standard InChI is InChI=1S/C30H25F6N5O5S/c31-29(32,33)21-8-5-19(6-9-21)18-3-1-17(2-4-18)14-41-23-13-20(7-10-24(23)47(43,44)16-22(37)27(41)42)26-38-39-28(46-26)40-11-12-45-25(15-40)30(34,35)36/h1-10,13,22,25H,11-12,14-16,37H2/t22-,25?/m0/s1. The van der Waals surface area contributed by atoms with Gasteiger partial charge in [-0.3, -0.25) is 4.79 Å². The molecule has 6 rings (SSSR count). The van der Waals surface area contributed by atoms with Crippen LogP contribution in [0, 0.1) is 0 Å². The Hall–Kier alpha value is -4.48. The van der Waals surface area contributed by atoms with Crippen molar-refractivity contribution >= 4 is 27.4 Å². The number of rotatable bonds is 5. The van der Waals surface area contributed by atoms with E-state index in [-0.39, 0.29) is 47.7 Å². The normalized spacial score (nSPS) is 20.2. The molecule has 4 aromatic rings. The number of anilines is 2. The summed E-state index contributed by atoms with van der Waals surface area (Å²) in [6.45, 7) is -0.839. The van der Waals surface area contributed by atoms with Crippen molar-refractivity contribution in [2.75, 3.05) is 35.2 Å². The Bertz CT molecular complexity index is 1900. The van der Waals surface area contributed by atoms with E-state index < -0.39 is 58.1 Å². The topological polar surface area (TPSA) is 132 Å². The first-order chi connectivity index (χ1) is 22.1. The second kappa shape index (κ2) is 12.0. The van der Waals surface area contributed by atoms with Gasteiger partial charge in [0.25, 0.3) is 0 Å². The Morgan fingerprint density at radius 1 is 0.894 bits per heavy atom. The Balaban J connectivity index is 1.30. The minimum Gasteiger partial charge on any atom is -0.403 e. The van der Waals surface area contributed by atoms with E-state index in [2.05, 4.69) is 10.2 Å². The van der Waals surface area contributed by atoms with E-state index in [1.165, 1.54) is 40.1 Å². The molecule has 2 atom stereocenters. The lowest BCUT2D eigenvalue weighted by molar-refractivity contribution is -0.221. The van der Waals surface area contributed by atoms with E-state index in [9.17, 15) is 39.6 Å². The zero-order valence-corrected chi connectivity index (χ0v) is 24.9. The molecule has 0 radical (unpaired) electrons. The van der Waals surface area contributed by atoms with Gasteiger partial charge in [-0.25, -0.2) is 8.42 Å². The average Bonchev–Trinajstić information content (AvgIpc) is 3.51. The van der Waals surface area contributed by atoms with Crippen LogP contribution in [-0.2, 0) is 32.1 Å². The first-order valence-corrected chi connectivity index (χ1v) is 15.7. The van der Waals surface area contributed by atoms with Crippen LogP contribution in [0.15, 0.2) is 76.0 Å². The zero-order chi connectivity index (χ0) is 33.7. The van der Waals surface area contributed by atoms with Gasteiger partial charge in [0.05, 0.1) is 47.6 Å². The van der Waals surface area contributed by atoms with Crippen LogP contribution in [0.5, 0.6) is 0 Å². The summed E-state index contributed by atoms with van der Waals surface area (Å²) in [5.74, 6) is -1.46. The summed E-state index contributed by atoms with van der Waals surface area (Å²) in [6, 6.07) is 13.7. The molecule has 248 valence electrons. The molecule has 2 N–H and O–H groups in total. The molecule has 0 saturated carbocycles. The van der Waals surface area contributed by atoms with Crippen LogP contribution in [0.4, 0.5) is 38.0 Å². The van der Waals surface area contributed by atoms with Crippen molar-refractivity contribution < 1.29 is 48.7 Å². The maximum absolute atomic E-state index is 13.5. The molecular weight excluding hydrogens is 656 g/mol. The van der Waals surface area contributed by atoms with Crippen molar-refractivity contribution in [3.05, 3.63) is 77.9 Å². The highest BCUT2D eigenvalue weighted by atomic mass is 32.2. The summed E-state index contributed by atoms with van der Waals surface area (Å²) in [4.78, 5) is 15.7. The molecule has 0 spiro atoms. The Morgan fingerprint density at radius 3 is 2.17 bits per heavy atom. The summed E-state index contributed by atoms with van der Waals surface area (Å²) < 4.78 is 115. The number of nitrogens with zero attached hydrogens (tertiary/aromatic N) is 4. The summed E-state index contributed by atoms with van der Waals surface area (Å²) in [6.07, 6.45) is -11.1. The van der Waals surface area contributed by atoms with E-state index in [0.29, 0.717) is 16.7 Å². The number of halogens is 6. The molecule has 0 aliphatic carbocycles. The predicted octanol–water partition coefficient (Wildman–Crippen LogP) is 4.84. The smallest absolute Gasteiger partial charge is 0.403 e. The van der Waals surface area contributed by atoms with Crippen molar-refractivity contribution in [1.82, 2.24) is 10.2 Å². The van der Waals surface area contributed by atoms with Crippen molar-refractivity contribution in [2.45, 2.75) is 35.9 Å². The molecule has 1 aromatic heterocycles. The molecule has 47 heavy (non-hydrogen) atoms. The fourth-order valence-electron chi connectivity index (χ4n) is 5.32. The molecule has 2 aliphatic heterocycles. The number of benzene rings is 3. The minimum absolute atomic E-state index is 0.0180. The van der Waals surface area contributed by atoms with E-state index in [1.54, 1.807) is 24.3 Å². The average molecular weight is 682 g/mol. The number of carbonyl (C=O) groups is 1. The number of amides is 1. The highest BCUT2D eigenvalue weighted by molar-refractivity contribution is 7.91. The fraction of sp³-hybridized carbons (Fsp3) is 0.300. The number of fused-ring (bicyclic) bond motifs is 1. The Labute approximate surface area is 263 Å². The van der Waals surface area contributed by atoms with Gasteiger partial charge in [0.15, 0.2) is 15.9 Å². The van der Waals surface area contributed by atoms with Gasteiger partial charge in [0.1, 0.15) is 0 Å². The number of sulfone groups is 1. The van der Waals surface area contributed by atoms with Crippen LogP contribution in [0.3, 0.4) is 0 Å². The van der Waals surface area contributed by atoms with Gasteiger partial charge in [0.2, 0.25) is 11.8 Å². The molecule has 3 heterocycles. The lowest BCUT2D eigenvalue weighted by Gasteiger charge is -2.32. The van der Waals surface area contributed by atoms with Crippen molar-refractivity contribution in [3.63, 3.8) is 0 Å². The fourth-order valence-corrected chi connectivity index (χ4v) is 6.88. The minimum atomic E-state index is -4.59. The molecule has 1 fully saturated rings. The number of hydrogen-bond donors (Lipinski definition) is 1. The number of nitrogens with two attached hydrogens (primary N) is 1. The van der Waals surface area contributed by atoms with Gasteiger partial charge in [0, 0.05) is 12.1 Å². The van der Waals surface area contributed by atoms with Crippen molar-refractivity contribution in [3.8, 4) is 22.6 Å². The third-order valence-electron chi connectivity index (χ3n) is 7.77. The second-order valence-electron chi connectivity index (χ2n) is 11.0. The third-order valence-corrected chi connectivity index (χ3v) is 9.58. The number of aromatic nitrogens is 2. The van der Waals surface area contributed by atoms with E-state index in [0.717, 1.165) is 12.1 Å². The zero-order valence-electron chi connectivity index (χ0n) is 24.1. The van der Waals surface area contributed by atoms with E-state index >= 15 is 0 Å². The van der Waals surface area contributed by atoms with Gasteiger partial charge in [-0.2, -0.15) is 26.3 Å². The number of hydrogen-bond acceptors (Lipinski definition) is 9. The van der Waals surface area contributed by atoms with Crippen LogP contribution >= 0.6 is 0 Å². The van der Waals surface area contributed by atoms with E-state index in [1.807, 2.05) is 0 Å². The van der Waals surface area contributed by atoms with Gasteiger partial charge in [-0.05, 0) is 47.0 Å². The Morgan fingerprint density at radius 2 is 1.53 bits per heavy atom. The number of morpholine rings is 1. The highest BCUT2D eigenvalue weighted by Crippen LogP contribution is 2.37. The van der Waals surface area contributed by atoms with Crippen LogP contribution in [-0.4, -0.2) is 68.3 Å². The molecular formula is C30H25F6N5O5S. The first kappa shape index (κ1) is 32.5. The maximum Gasteiger partial charge on any atom is 0.416 e. The second-order valence-corrected chi connectivity index (χ2v) is 13.0. The summed E-state index contributed by atoms with van der Waals surface area (Å²) in [5.41, 5.74) is 7.11. The molecule has 1 amide bonds. The lowest BCUT2D eigenvalue weighted by Crippen LogP contribution is -2.49. The maximum atomic E-state index is 13.5. The van der Waals surface area contributed by atoms with Crippen LogP contribution in [0.25, 0.3) is 22.6 Å². The van der Waals surface area contributed by atoms with Crippen LogP contribution in [0.1, 0.15) is 11.1 Å². The Kier molecular flexibility index (Phi) is 8.26. The summed E-state index contributed by atoms with van der Waals surface area (Å²) in [5, 5.41) is 7.81. The van der Waals surface area contributed by atoms with Crippen LogP contribution < -0.4 is 15.5 Å². The van der Waals surface area contributed by atoms with Gasteiger partial charge >= 0.3 is 18.4 Å². The largest absolute Gasteiger partial charge is 0.416 e. The van der Waals surface area contributed by atoms with E-state index in [4.69, 9.17) is 14.9 Å². The van der Waals surface area contributed by atoms with Crippen LogP contribution in [0.2, 0.25) is 0 Å². The molecule has 17 heteroatoms. The highest BCUT2D eigenvalue weighted by Gasteiger charge is 2.44. The third kappa shape index (κ3) is 6.68. The molecule has 1 unspecified atom stereocenters. The summed E-state index contributed by atoms with van der Waals surface area (Å²) in [7, 11) is -4.04. The van der Waals surface area contributed by atoms with Gasteiger partial charge < -0.3 is 24.7 Å². The van der Waals surface area contributed by atoms with Gasteiger partial charge in [-0.1, -0.05) is 41.5 Å². The molecule has 10 nitrogen and oxygen atoms in total. The lowest BCUT2D eigenvalue weighted by atomic mass is 10.0. The number of ether oxygens (including phenoxy) is 1. The molecule has 0 bridgehead atoms. The van der Waals surface area contributed by atoms with Crippen molar-refractivity contribution in [1.29, 1.82) is 0 Å². The quantitative estimate of drug-likeness (QED) is 0.294. The molecule has 1 saturated heterocycles. The first-order valence-electron chi connectivity index (χ1n) is 14.1. The summed E-state index contributed by atoms with van der Waals surface area (Å²) >= 11 is 0. The number of alkyl halides is 6. The van der Waals surface area contributed by atoms with Crippen molar-refractivity contribution in [2.24, 2.45) is 5.73 Å². The monoisotopic (exact) mass is 681 g/mol. The number of carbonyl (C=O) groups excluding carboxylic acids is 1. The van der Waals surface area contributed by atoms with Gasteiger partial charge in [-0.15, -0.1) is 5.10 Å². The predicted molar refractivity (Wildman–Crippen MR) is 156 cm³/mol. The molecule has 2 aliphatic rings.